The summed E-state index contributed by atoms with van der Waals surface area (Å²) < 4.78 is 30.7. The summed E-state index contributed by atoms with van der Waals surface area (Å²) in [5.41, 5.74) is 2.45. The molecule has 31 heavy (non-hydrogen) atoms. The number of hydrogen-bond donors (Lipinski definition) is 1. The lowest BCUT2D eigenvalue weighted by Gasteiger charge is -2.30. The number of hydrogen-bond acceptors (Lipinski definition) is 5. The van der Waals surface area contributed by atoms with Crippen molar-refractivity contribution in [2.24, 2.45) is 0 Å². The van der Waals surface area contributed by atoms with Crippen LogP contribution in [0.3, 0.4) is 0 Å². The van der Waals surface area contributed by atoms with E-state index >= 15 is 0 Å². The number of nitrogens with zero attached hydrogens (tertiary/aromatic N) is 1. The molecule has 1 aliphatic rings. The average molecular weight is 510 g/mol. The summed E-state index contributed by atoms with van der Waals surface area (Å²) >= 11 is 3.44. The normalized spacial score (nSPS) is 19.5. The Labute approximate surface area is 194 Å². The van der Waals surface area contributed by atoms with Crippen molar-refractivity contribution in [2.75, 3.05) is 24.7 Å². The fourth-order valence-electron chi connectivity index (χ4n) is 3.82. The highest BCUT2D eigenvalue weighted by Crippen LogP contribution is 2.26. The maximum atomic E-state index is 12.1. The SMILES string of the molecule is CC(C)(C)c1ccc(CN(CC(O)COc2ccccc2Br)C2CCS(=O)(=O)C2)cc1. The first-order valence-electron chi connectivity index (χ1n) is 10.6. The minimum Gasteiger partial charge on any atom is -0.490 e. The van der Waals surface area contributed by atoms with E-state index in [2.05, 4.69) is 65.9 Å². The van der Waals surface area contributed by atoms with Crippen LogP contribution in [-0.4, -0.2) is 55.2 Å². The molecular weight excluding hydrogens is 478 g/mol. The minimum atomic E-state index is -3.02. The highest BCUT2D eigenvalue weighted by atomic mass is 79.9. The van der Waals surface area contributed by atoms with Crippen molar-refractivity contribution in [2.45, 2.75) is 51.3 Å². The van der Waals surface area contributed by atoms with Crippen LogP contribution in [0.2, 0.25) is 0 Å². The molecule has 3 rings (SSSR count). The van der Waals surface area contributed by atoms with Gasteiger partial charge in [0.15, 0.2) is 9.84 Å². The lowest BCUT2D eigenvalue weighted by atomic mass is 9.86. The molecule has 2 aromatic carbocycles. The van der Waals surface area contributed by atoms with Crippen LogP contribution in [0.1, 0.15) is 38.3 Å². The van der Waals surface area contributed by atoms with E-state index in [0.29, 0.717) is 25.3 Å². The summed E-state index contributed by atoms with van der Waals surface area (Å²) in [4.78, 5) is 2.09. The molecule has 5 nitrogen and oxygen atoms in total. The van der Waals surface area contributed by atoms with Gasteiger partial charge < -0.3 is 9.84 Å². The second kappa shape index (κ2) is 10.0. The number of aliphatic hydroxyl groups excluding tert-OH is 1. The molecule has 2 aromatic rings. The van der Waals surface area contributed by atoms with Crippen LogP contribution in [0, 0.1) is 0 Å². The quantitative estimate of drug-likeness (QED) is 0.578. The van der Waals surface area contributed by atoms with E-state index in [-0.39, 0.29) is 29.6 Å². The van der Waals surface area contributed by atoms with Crippen molar-refractivity contribution in [3.05, 3.63) is 64.1 Å². The number of halogens is 1. The van der Waals surface area contributed by atoms with Gasteiger partial charge in [0.1, 0.15) is 18.5 Å². The van der Waals surface area contributed by atoms with E-state index in [0.717, 1.165) is 10.0 Å². The zero-order chi connectivity index (χ0) is 22.6. The molecule has 1 fully saturated rings. The van der Waals surface area contributed by atoms with Crippen molar-refractivity contribution in [1.82, 2.24) is 4.90 Å². The fourth-order valence-corrected chi connectivity index (χ4v) is 5.98. The van der Waals surface area contributed by atoms with Crippen LogP contribution < -0.4 is 4.74 Å². The van der Waals surface area contributed by atoms with Gasteiger partial charge >= 0.3 is 0 Å². The average Bonchev–Trinajstić information content (AvgIpc) is 3.06. The van der Waals surface area contributed by atoms with Crippen LogP contribution in [0.25, 0.3) is 0 Å². The maximum absolute atomic E-state index is 12.1. The van der Waals surface area contributed by atoms with Crippen molar-refractivity contribution >= 4 is 25.8 Å². The first-order valence-corrected chi connectivity index (χ1v) is 13.2. The molecule has 0 saturated carbocycles. The molecule has 1 saturated heterocycles. The van der Waals surface area contributed by atoms with Crippen LogP contribution >= 0.6 is 15.9 Å². The second-order valence-corrected chi connectivity index (χ2v) is 12.4. The molecule has 7 heteroatoms. The van der Waals surface area contributed by atoms with Crippen molar-refractivity contribution in [3.8, 4) is 5.75 Å². The van der Waals surface area contributed by atoms with Crippen LogP contribution in [0.15, 0.2) is 53.0 Å². The lowest BCUT2D eigenvalue weighted by molar-refractivity contribution is 0.0522. The summed E-state index contributed by atoms with van der Waals surface area (Å²) in [6.45, 7) is 7.63. The van der Waals surface area contributed by atoms with Gasteiger partial charge in [0, 0.05) is 19.1 Å². The van der Waals surface area contributed by atoms with E-state index in [1.165, 1.54) is 5.56 Å². The summed E-state index contributed by atoms with van der Waals surface area (Å²) in [7, 11) is -3.02. The van der Waals surface area contributed by atoms with Gasteiger partial charge in [-0.05, 0) is 51.0 Å². The third-order valence-electron chi connectivity index (χ3n) is 5.64. The Balaban J connectivity index is 1.68. The predicted octanol–water partition coefficient (Wildman–Crippen LogP) is 4.18. The zero-order valence-electron chi connectivity index (χ0n) is 18.4. The number of ether oxygens (including phenoxy) is 1. The van der Waals surface area contributed by atoms with Gasteiger partial charge in [-0.2, -0.15) is 0 Å². The number of rotatable bonds is 8. The Hall–Kier alpha value is -1.41. The summed E-state index contributed by atoms with van der Waals surface area (Å²) in [6.07, 6.45) is -0.135. The second-order valence-electron chi connectivity index (χ2n) is 9.33. The number of sulfone groups is 1. The lowest BCUT2D eigenvalue weighted by Crippen LogP contribution is -2.42. The Bertz CT molecular complexity index is 970. The molecule has 0 aromatic heterocycles. The Kier molecular flexibility index (Phi) is 7.84. The molecule has 1 N–H and O–H groups in total. The maximum Gasteiger partial charge on any atom is 0.151 e. The molecule has 0 aliphatic carbocycles. The molecule has 2 atom stereocenters. The summed E-state index contributed by atoms with van der Waals surface area (Å²) in [6, 6.07) is 15.9. The van der Waals surface area contributed by atoms with Crippen LogP contribution in [-0.2, 0) is 21.8 Å². The highest BCUT2D eigenvalue weighted by Gasteiger charge is 2.33. The molecule has 0 bridgehead atoms. The summed E-state index contributed by atoms with van der Waals surface area (Å²) in [5.74, 6) is 1.03. The van der Waals surface area contributed by atoms with Gasteiger partial charge in [-0.1, -0.05) is 57.2 Å². The molecule has 1 aliphatic heterocycles. The standard InChI is InChI=1S/C24H32BrNO4S/c1-24(2,3)19-10-8-18(9-11-19)14-26(20-12-13-31(28,29)17-20)15-21(27)16-30-23-7-5-4-6-22(23)25/h4-11,20-21,27H,12-17H2,1-3H3. The third-order valence-corrected chi connectivity index (χ3v) is 8.05. The first-order chi connectivity index (χ1) is 14.5. The van der Waals surface area contributed by atoms with Gasteiger partial charge in [0.25, 0.3) is 0 Å². The molecule has 0 spiro atoms. The molecular formula is C24H32BrNO4S. The molecule has 0 radical (unpaired) electrons. The van der Waals surface area contributed by atoms with Gasteiger partial charge in [0.2, 0.25) is 0 Å². The fraction of sp³-hybridized carbons (Fsp3) is 0.500. The van der Waals surface area contributed by atoms with E-state index in [1.54, 1.807) is 0 Å². The van der Waals surface area contributed by atoms with Crippen molar-refractivity contribution < 1.29 is 18.3 Å². The van der Waals surface area contributed by atoms with Crippen LogP contribution in [0.4, 0.5) is 0 Å². The zero-order valence-corrected chi connectivity index (χ0v) is 20.8. The third kappa shape index (κ3) is 7.04. The molecule has 0 amide bonds. The monoisotopic (exact) mass is 509 g/mol. The van der Waals surface area contributed by atoms with E-state index in [9.17, 15) is 13.5 Å². The van der Waals surface area contributed by atoms with Crippen molar-refractivity contribution in [3.63, 3.8) is 0 Å². The topological polar surface area (TPSA) is 66.8 Å². The number of aliphatic hydroxyl groups is 1. The van der Waals surface area contributed by atoms with Crippen LogP contribution in [0.5, 0.6) is 5.75 Å². The van der Waals surface area contributed by atoms with Gasteiger partial charge in [-0.25, -0.2) is 8.42 Å². The number of benzene rings is 2. The molecule has 2 unspecified atom stereocenters. The highest BCUT2D eigenvalue weighted by molar-refractivity contribution is 9.10. The van der Waals surface area contributed by atoms with Crippen molar-refractivity contribution in [1.29, 1.82) is 0 Å². The Morgan fingerprint density at radius 2 is 1.84 bits per heavy atom. The van der Waals surface area contributed by atoms with Gasteiger partial charge in [-0.3, -0.25) is 4.90 Å². The predicted molar refractivity (Wildman–Crippen MR) is 128 cm³/mol. The Morgan fingerprint density at radius 1 is 1.16 bits per heavy atom. The van der Waals surface area contributed by atoms with E-state index < -0.39 is 15.9 Å². The van der Waals surface area contributed by atoms with Gasteiger partial charge in [0.05, 0.1) is 16.0 Å². The first kappa shape index (κ1) is 24.2. The number of para-hydroxylation sites is 1. The Morgan fingerprint density at radius 3 is 2.42 bits per heavy atom. The van der Waals surface area contributed by atoms with E-state index in [1.807, 2.05) is 24.3 Å². The minimum absolute atomic E-state index is 0.0804. The molecule has 170 valence electrons. The van der Waals surface area contributed by atoms with Gasteiger partial charge in [-0.15, -0.1) is 0 Å². The smallest absolute Gasteiger partial charge is 0.151 e. The largest absolute Gasteiger partial charge is 0.490 e. The van der Waals surface area contributed by atoms with E-state index in [4.69, 9.17) is 4.74 Å². The molecule has 1 heterocycles. The summed E-state index contributed by atoms with van der Waals surface area (Å²) in [5, 5.41) is 10.7.